The molecule has 1 aliphatic carbocycles. The Morgan fingerprint density at radius 1 is 1.16 bits per heavy atom. The summed E-state index contributed by atoms with van der Waals surface area (Å²) in [6.07, 6.45) is 7.34. The second kappa shape index (κ2) is 14.9. The Kier molecular flexibility index (Phi) is 10.6. The highest BCUT2D eigenvalue weighted by Gasteiger charge is 2.34. The van der Waals surface area contributed by atoms with Gasteiger partial charge >= 0.3 is 6.09 Å². The van der Waals surface area contributed by atoms with Crippen molar-refractivity contribution in [3.8, 4) is 29.2 Å². The van der Waals surface area contributed by atoms with Crippen molar-refractivity contribution in [1.29, 1.82) is 5.26 Å². The van der Waals surface area contributed by atoms with Crippen LogP contribution in [0.3, 0.4) is 0 Å². The van der Waals surface area contributed by atoms with Gasteiger partial charge < -0.3 is 28.5 Å². The second-order valence-electron chi connectivity index (χ2n) is 14.7. The molecule has 0 unspecified atom stereocenters. The van der Waals surface area contributed by atoms with Crippen molar-refractivity contribution in [3.63, 3.8) is 0 Å². The number of amides is 1. The van der Waals surface area contributed by atoms with Gasteiger partial charge in [0.05, 0.1) is 17.8 Å². The van der Waals surface area contributed by atoms with Gasteiger partial charge in [-0.1, -0.05) is 5.16 Å². The number of fused-ring (bicyclic) bond motifs is 1. The highest BCUT2D eigenvalue weighted by molar-refractivity contribution is 7.16. The van der Waals surface area contributed by atoms with E-state index < -0.39 is 5.60 Å². The number of rotatable bonds is 9. The highest BCUT2D eigenvalue weighted by atomic mass is 32.1. The zero-order valence-electron chi connectivity index (χ0n) is 30.1. The number of nitriles is 1. The molecule has 3 aromatic heterocycles. The molecule has 0 bridgehead atoms. The molecule has 3 aromatic rings. The quantitative estimate of drug-likeness (QED) is 0.181. The van der Waals surface area contributed by atoms with Crippen LogP contribution in [0.25, 0.3) is 11.5 Å². The van der Waals surface area contributed by atoms with Crippen molar-refractivity contribution in [2.24, 2.45) is 4.99 Å². The van der Waals surface area contributed by atoms with Crippen molar-refractivity contribution in [2.75, 3.05) is 40.8 Å². The monoisotopic (exact) mass is 704 g/mol. The molecular weight excluding hydrogens is 657 g/mol. The van der Waals surface area contributed by atoms with Crippen LogP contribution in [0.5, 0.6) is 11.6 Å². The fourth-order valence-electron chi connectivity index (χ4n) is 6.93. The number of piperidine rings is 1. The molecule has 14 heteroatoms. The van der Waals surface area contributed by atoms with E-state index in [9.17, 15) is 10.1 Å². The first kappa shape index (κ1) is 35.6. The molecule has 268 valence electrons. The largest absolute Gasteiger partial charge is 0.490 e. The molecule has 1 amide bonds. The van der Waals surface area contributed by atoms with Gasteiger partial charge in [0.25, 0.3) is 0 Å². The summed E-state index contributed by atoms with van der Waals surface area (Å²) in [5.41, 5.74) is 1.44. The minimum absolute atomic E-state index is 0.0935. The number of hydrogen-bond donors (Lipinski definition) is 0. The van der Waals surface area contributed by atoms with Crippen LogP contribution < -0.4 is 9.47 Å². The van der Waals surface area contributed by atoms with Gasteiger partial charge in [-0.05, 0) is 79.0 Å². The average Bonchev–Trinajstić information content (AvgIpc) is 3.81. The number of aromatic nitrogens is 3. The fraction of sp³-hybridized carbons (Fsp3) is 0.611. The molecular formula is C36H48N8O5S. The molecule has 13 nitrogen and oxygen atoms in total. The molecule has 3 aliphatic rings. The minimum Gasteiger partial charge on any atom is -0.490 e. The molecule has 0 spiro atoms. The van der Waals surface area contributed by atoms with E-state index in [2.05, 4.69) is 35.1 Å². The summed E-state index contributed by atoms with van der Waals surface area (Å²) in [5.74, 6) is 1.58. The van der Waals surface area contributed by atoms with Gasteiger partial charge in [-0.15, -0.1) is 11.3 Å². The molecule has 0 aromatic carbocycles. The van der Waals surface area contributed by atoms with Crippen LogP contribution in [0.15, 0.2) is 21.6 Å². The summed E-state index contributed by atoms with van der Waals surface area (Å²) < 4.78 is 24.4. The van der Waals surface area contributed by atoms with Crippen LogP contribution >= 0.6 is 11.3 Å². The lowest BCUT2D eigenvalue weighted by molar-refractivity contribution is 0.0126. The summed E-state index contributed by atoms with van der Waals surface area (Å²) in [4.78, 5) is 33.9. The number of hydrogen-bond acceptors (Lipinski definition) is 12. The number of ether oxygens (including phenoxy) is 3. The van der Waals surface area contributed by atoms with Crippen molar-refractivity contribution in [1.82, 2.24) is 29.8 Å². The standard InChI is InChI=1S/C36H48N8O5S/c1-22(28-11-9-15-43(28)7)46-30-19-24(47-23-13-16-44(17-14-23)35(45)48-36(2,3)4)18-27(39-30)32-40-33(49-41-32)25-10-8-12-29-31(25)26(20-37)34(50-29)38-21-42(5)6/h18-19,21-23,25,28H,8-17H2,1-7H3/t22-,25-,28-/m0/s1. The highest BCUT2D eigenvalue weighted by Crippen LogP contribution is 2.46. The molecule has 2 fully saturated rings. The number of carbonyl (C=O) groups excluding carboxylic acids is 1. The number of pyridine rings is 1. The number of aliphatic imine (C=N–C) groups is 1. The Labute approximate surface area is 298 Å². The molecule has 0 N–H and O–H groups in total. The van der Waals surface area contributed by atoms with Crippen LogP contribution in [-0.2, 0) is 11.2 Å². The number of thiophene rings is 1. The smallest absolute Gasteiger partial charge is 0.410 e. The lowest BCUT2D eigenvalue weighted by Crippen LogP contribution is -2.44. The van der Waals surface area contributed by atoms with Crippen LogP contribution in [0, 0.1) is 11.3 Å². The zero-order chi connectivity index (χ0) is 35.6. The van der Waals surface area contributed by atoms with E-state index in [0.29, 0.717) is 65.5 Å². The Morgan fingerprint density at radius 2 is 1.94 bits per heavy atom. The summed E-state index contributed by atoms with van der Waals surface area (Å²) in [6.45, 7) is 9.81. The summed E-state index contributed by atoms with van der Waals surface area (Å²) in [5, 5.41) is 15.2. The lowest BCUT2D eigenvalue weighted by atomic mass is 9.85. The predicted molar refractivity (Wildman–Crippen MR) is 190 cm³/mol. The minimum atomic E-state index is -0.544. The van der Waals surface area contributed by atoms with Crippen molar-refractivity contribution in [3.05, 3.63) is 34.0 Å². The third-order valence-electron chi connectivity index (χ3n) is 9.33. The molecule has 2 aliphatic heterocycles. The van der Waals surface area contributed by atoms with Gasteiger partial charge in [0.15, 0.2) is 0 Å². The van der Waals surface area contributed by atoms with Crippen molar-refractivity contribution < 1.29 is 23.5 Å². The van der Waals surface area contributed by atoms with Crippen LogP contribution in [0.2, 0.25) is 0 Å². The third kappa shape index (κ3) is 8.21. The fourth-order valence-corrected chi connectivity index (χ4v) is 8.13. The van der Waals surface area contributed by atoms with E-state index in [-0.39, 0.29) is 30.3 Å². The summed E-state index contributed by atoms with van der Waals surface area (Å²) in [7, 11) is 5.93. The first-order valence-electron chi connectivity index (χ1n) is 17.5. The Bertz CT molecular complexity index is 1730. The summed E-state index contributed by atoms with van der Waals surface area (Å²) in [6, 6.07) is 6.32. The molecule has 50 heavy (non-hydrogen) atoms. The molecule has 2 saturated heterocycles. The molecule has 0 radical (unpaired) electrons. The zero-order valence-corrected chi connectivity index (χ0v) is 31.0. The maximum atomic E-state index is 12.6. The number of likely N-dealkylation sites (tertiary alicyclic amines) is 2. The topological polar surface area (TPSA) is 142 Å². The Morgan fingerprint density at radius 3 is 2.62 bits per heavy atom. The maximum absolute atomic E-state index is 12.6. The van der Waals surface area contributed by atoms with Gasteiger partial charge in [-0.25, -0.2) is 14.8 Å². The number of aryl methyl sites for hydroxylation is 1. The van der Waals surface area contributed by atoms with Crippen molar-refractivity contribution in [2.45, 2.75) is 102 Å². The molecule has 6 rings (SSSR count). The SMILES string of the molecule is C[C@H](Oc1cc(OC2CCN(C(=O)OC(C)(C)C)CC2)cc(-c2noc([C@H]3CCCc4sc(N=CN(C)C)c(C#N)c43)n2)n1)[C@@H]1CCCN1C. The summed E-state index contributed by atoms with van der Waals surface area (Å²) >= 11 is 1.56. The third-order valence-corrected chi connectivity index (χ3v) is 10.5. The van der Waals surface area contributed by atoms with Crippen molar-refractivity contribution >= 4 is 28.8 Å². The van der Waals surface area contributed by atoms with Gasteiger partial charge in [-0.2, -0.15) is 10.2 Å². The normalized spacial score (nSPS) is 20.8. The molecule has 0 saturated carbocycles. The lowest BCUT2D eigenvalue weighted by Gasteiger charge is -2.33. The predicted octanol–water partition coefficient (Wildman–Crippen LogP) is 6.39. The second-order valence-corrected chi connectivity index (χ2v) is 15.7. The van der Waals surface area contributed by atoms with Gasteiger partial charge in [0.1, 0.15) is 40.3 Å². The number of likely N-dealkylation sites (N-methyl/N-ethyl adjacent to an activating group) is 1. The number of carbonyl (C=O) groups is 1. The van der Waals surface area contributed by atoms with Gasteiger partial charge in [0, 0.05) is 63.1 Å². The average molecular weight is 705 g/mol. The van der Waals surface area contributed by atoms with E-state index in [1.807, 2.05) is 51.9 Å². The molecule has 5 heterocycles. The molecule has 3 atom stereocenters. The van der Waals surface area contributed by atoms with Gasteiger partial charge in [-0.3, -0.25) is 4.90 Å². The van der Waals surface area contributed by atoms with E-state index in [1.54, 1.807) is 22.6 Å². The Hall–Kier alpha value is -4.22. The van der Waals surface area contributed by atoms with Crippen LogP contribution in [0.1, 0.15) is 94.0 Å². The maximum Gasteiger partial charge on any atom is 0.410 e. The number of nitrogens with zero attached hydrogens (tertiary/aromatic N) is 8. The van der Waals surface area contributed by atoms with E-state index in [4.69, 9.17) is 28.7 Å². The van der Waals surface area contributed by atoms with Crippen LogP contribution in [-0.4, -0.2) is 107 Å². The van der Waals surface area contributed by atoms with Gasteiger partial charge in [0.2, 0.25) is 17.6 Å². The van der Waals surface area contributed by atoms with E-state index in [0.717, 1.165) is 49.1 Å². The van der Waals surface area contributed by atoms with E-state index in [1.165, 1.54) is 0 Å². The van der Waals surface area contributed by atoms with E-state index >= 15 is 0 Å². The van der Waals surface area contributed by atoms with Crippen LogP contribution in [0.4, 0.5) is 9.80 Å². The first-order valence-corrected chi connectivity index (χ1v) is 18.3. The first-order chi connectivity index (χ1) is 23.9. The Balaban J connectivity index is 1.25.